The maximum atomic E-state index is 6.20. The first kappa shape index (κ1) is 12.4. The summed E-state index contributed by atoms with van der Waals surface area (Å²) in [4.78, 5) is 4.32. The summed E-state index contributed by atoms with van der Waals surface area (Å²) in [7, 11) is 0. The van der Waals surface area contributed by atoms with Crippen LogP contribution in [-0.4, -0.2) is 11.6 Å². The first-order valence-electron chi connectivity index (χ1n) is 6.12. The fourth-order valence-electron chi connectivity index (χ4n) is 2.39. The summed E-state index contributed by atoms with van der Waals surface area (Å²) in [6.45, 7) is 0.708. The number of para-hydroxylation sites is 1. The van der Waals surface area contributed by atoms with Crippen molar-refractivity contribution < 1.29 is 4.74 Å². The molecule has 1 aromatic carbocycles. The molecule has 1 aliphatic heterocycles. The number of fused-ring (bicyclic) bond motifs is 1. The molecule has 98 valence electrons. The van der Waals surface area contributed by atoms with E-state index in [1.54, 1.807) is 18.3 Å². The molecule has 0 aliphatic carbocycles. The summed E-state index contributed by atoms with van der Waals surface area (Å²) in [6.07, 6.45) is 2.63. The second kappa shape index (κ2) is 5.17. The summed E-state index contributed by atoms with van der Waals surface area (Å²) in [5.74, 6) is 6.59. The Hall–Kier alpha value is -1.62. The van der Waals surface area contributed by atoms with E-state index < -0.39 is 0 Å². The van der Waals surface area contributed by atoms with Crippen LogP contribution in [-0.2, 0) is 6.42 Å². The van der Waals surface area contributed by atoms with Crippen molar-refractivity contribution in [1.29, 1.82) is 0 Å². The van der Waals surface area contributed by atoms with Crippen molar-refractivity contribution in [2.45, 2.75) is 12.5 Å². The monoisotopic (exact) mass is 275 g/mol. The Morgan fingerprint density at radius 2 is 2.21 bits per heavy atom. The molecule has 2 aromatic rings. The number of hydrazine groups is 1. The number of ether oxygens (including phenoxy) is 1. The lowest BCUT2D eigenvalue weighted by molar-refractivity contribution is 0.350. The summed E-state index contributed by atoms with van der Waals surface area (Å²) >= 11 is 6.20. The van der Waals surface area contributed by atoms with Crippen LogP contribution in [0.2, 0.25) is 5.02 Å². The minimum absolute atomic E-state index is 0.276. The van der Waals surface area contributed by atoms with Gasteiger partial charge in [-0.3, -0.25) is 10.8 Å². The van der Waals surface area contributed by atoms with E-state index in [9.17, 15) is 0 Å². The number of nitrogens with one attached hydrogen (secondary N) is 1. The molecule has 19 heavy (non-hydrogen) atoms. The number of hydrogen-bond acceptors (Lipinski definition) is 4. The second-order valence-corrected chi connectivity index (χ2v) is 4.81. The van der Waals surface area contributed by atoms with E-state index >= 15 is 0 Å². The van der Waals surface area contributed by atoms with E-state index in [0.717, 1.165) is 17.7 Å². The lowest BCUT2D eigenvalue weighted by Gasteiger charge is -2.19. The highest BCUT2D eigenvalue weighted by Gasteiger charge is 2.24. The molecule has 3 N–H and O–H groups in total. The highest BCUT2D eigenvalue weighted by molar-refractivity contribution is 6.31. The predicted molar refractivity (Wildman–Crippen MR) is 74.1 cm³/mol. The van der Waals surface area contributed by atoms with Crippen molar-refractivity contribution in [2.75, 3.05) is 6.61 Å². The molecule has 1 unspecified atom stereocenters. The number of aromatic nitrogens is 1. The van der Waals surface area contributed by atoms with Crippen molar-refractivity contribution >= 4 is 11.6 Å². The van der Waals surface area contributed by atoms with E-state index in [-0.39, 0.29) is 6.04 Å². The molecule has 4 nitrogen and oxygen atoms in total. The molecule has 0 saturated heterocycles. The zero-order valence-corrected chi connectivity index (χ0v) is 11.0. The largest absolute Gasteiger partial charge is 0.493 e. The normalized spacial score (nSPS) is 14.8. The summed E-state index contributed by atoms with van der Waals surface area (Å²) in [5.41, 5.74) is 5.65. The Morgan fingerprint density at radius 3 is 3.00 bits per heavy atom. The number of rotatable bonds is 3. The topological polar surface area (TPSA) is 60.2 Å². The fourth-order valence-corrected chi connectivity index (χ4v) is 2.62. The van der Waals surface area contributed by atoms with Gasteiger partial charge >= 0.3 is 0 Å². The molecule has 0 spiro atoms. The van der Waals surface area contributed by atoms with Gasteiger partial charge in [0.15, 0.2) is 0 Å². The van der Waals surface area contributed by atoms with Gasteiger partial charge in [0.2, 0.25) is 0 Å². The van der Waals surface area contributed by atoms with Crippen molar-refractivity contribution in [2.24, 2.45) is 5.84 Å². The fraction of sp³-hybridized carbons (Fsp3) is 0.214. The van der Waals surface area contributed by atoms with E-state index in [0.29, 0.717) is 17.3 Å². The van der Waals surface area contributed by atoms with Crippen molar-refractivity contribution in [3.8, 4) is 5.75 Å². The molecule has 5 heteroatoms. The number of pyridine rings is 1. The molecular weight excluding hydrogens is 262 g/mol. The second-order valence-electron chi connectivity index (χ2n) is 4.40. The highest BCUT2D eigenvalue weighted by atomic mass is 35.5. The third kappa shape index (κ3) is 2.18. The molecule has 1 aliphatic rings. The van der Waals surface area contributed by atoms with Crippen LogP contribution in [0.3, 0.4) is 0 Å². The van der Waals surface area contributed by atoms with Gasteiger partial charge in [0.05, 0.1) is 23.4 Å². The third-order valence-corrected chi connectivity index (χ3v) is 3.60. The molecule has 3 rings (SSSR count). The molecule has 0 radical (unpaired) electrons. The van der Waals surface area contributed by atoms with E-state index in [4.69, 9.17) is 22.2 Å². The van der Waals surface area contributed by atoms with Gasteiger partial charge in [0.25, 0.3) is 0 Å². The number of benzene rings is 1. The number of halogens is 1. The minimum atomic E-state index is -0.276. The van der Waals surface area contributed by atoms with E-state index in [1.165, 1.54) is 5.56 Å². The molecule has 0 amide bonds. The first-order valence-corrected chi connectivity index (χ1v) is 6.50. The minimum Gasteiger partial charge on any atom is -0.493 e. The first-order chi connectivity index (χ1) is 9.31. The van der Waals surface area contributed by atoms with Crippen LogP contribution in [0.4, 0.5) is 0 Å². The molecule has 1 atom stereocenters. The maximum Gasteiger partial charge on any atom is 0.127 e. The predicted octanol–water partition coefficient (Wildman–Crippen LogP) is 2.22. The number of nitrogens with zero attached hydrogens (tertiary/aromatic N) is 1. The average Bonchev–Trinajstić information content (AvgIpc) is 2.91. The van der Waals surface area contributed by atoms with Gasteiger partial charge in [-0.05, 0) is 17.7 Å². The Balaban J connectivity index is 2.09. The Labute approximate surface area is 116 Å². The SMILES string of the molecule is NNC(c1cccc2c1OCC2)c1ncccc1Cl. The Bertz CT molecular complexity index is 603. The number of nitrogens with two attached hydrogens (primary N) is 1. The quantitative estimate of drug-likeness (QED) is 0.666. The molecular formula is C14H14ClN3O. The van der Waals surface area contributed by atoms with Crippen LogP contribution in [0.25, 0.3) is 0 Å². The smallest absolute Gasteiger partial charge is 0.127 e. The van der Waals surface area contributed by atoms with Crippen LogP contribution >= 0.6 is 11.6 Å². The van der Waals surface area contributed by atoms with Gasteiger partial charge in [-0.15, -0.1) is 0 Å². The summed E-state index contributed by atoms with van der Waals surface area (Å²) in [6, 6.07) is 9.38. The molecule has 0 saturated carbocycles. The van der Waals surface area contributed by atoms with Crippen molar-refractivity contribution in [1.82, 2.24) is 10.4 Å². The lowest BCUT2D eigenvalue weighted by Crippen LogP contribution is -2.30. The van der Waals surface area contributed by atoms with E-state index in [2.05, 4.69) is 16.5 Å². The van der Waals surface area contributed by atoms with Crippen molar-refractivity contribution in [3.05, 3.63) is 58.4 Å². The lowest BCUT2D eigenvalue weighted by atomic mass is 9.99. The van der Waals surface area contributed by atoms with Gasteiger partial charge in [-0.1, -0.05) is 29.8 Å². The van der Waals surface area contributed by atoms with Crippen LogP contribution < -0.4 is 16.0 Å². The summed E-state index contributed by atoms with van der Waals surface area (Å²) in [5, 5.41) is 0.584. The van der Waals surface area contributed by atoms with Gasteiger partial charge in [0.1, 0.15) is 5.75 Å². The summed E-state index contributed by atoms with van der Waals surface area (Å²) < 4.78 is 5.71. The molecule has 0 fully saturated rings. The van der Waals surface area contributed by atoms with Gasteiger partial charge in [-0.2, -0.15) is 0 Å². The standard InChI is InChI=1S/C14H14ClN3O/c15-11-5-2-7-17-13(11)12(18-16)10-4-1-3-9-6-8-19-14(9)10/h1-5,7,12,18H,6,8,16H2. The zero-order chi connectivity index (χ0) is 13.2. The van der Waals surface area contributed by atoms with Crippen LogP contribution in [0.15, 0.2) is 36.5 Å². The molecule has 0 bridgehead atoms. The molecule has 1 aromatic heterocycles. The Morgan fingerprint density at radius 1 is 1.32 bits per heavy atom. The van der Waals surface area contributed by atoms with Gasteiger partial charge in [-0.25, -0.2) is 5.43 Å². The van der Waals surface area contributed by atoms with Gasteiger partial charge in [0, 0.05) is 18.2 Å². The van der Waals surface area contributed by atoms with Crippen LogP contribution in [0, 0.1) is 0 Å². The maximum absolute atomic E-state index is 6.20. The van der Waals surface area contributed by atoms with Crippen molar-refractivity contribution in [3.63, 3.8) is 0 Å². The average molecular weight is 276 g/mol. The Kier molecular flexibility index (Phi) is 3.38. The number of hydrogen-bond donors (Lipinski definition) is 2. The zero-order valence-electron chi connectivity index (χ0n) is 10.3. The highest BCUT2D eigenvalue weighted by Crippen LogP contribution is 2.36. The molecule has 2 heterocycles. The van der Waals surface area contributed by atoms with Crippen LogP contribution in [0.1, 0.15) is 22.9 Å². The van der Waals surface area contributed by atoms with Gasteiger partial charge < -0.3 is 4.74 Å². The van der Waals surface area contributed by atoms with E-state index in [1.807, 2.05) is 12.1 Å². The van der Waals surface area contributed by atoms with Crippen LogP contribution in [0.5, 0.6) is 5.75 Å². The third-order valence-electron chi connectivity index (χ3n) is 3.28.